The summed E-state index contributed by atoms with van der Waals surface area (Å²) in [6.07, 6.45) is 0. The molecule has 0 saturated carbocycles. The lowest BCUT2D eigenvalue weighted by atomic mass is 10.2. The smallest absolute Gasteiger partial charge is 0.318 e. The first-order chi connectivity index (χ1) is 12.0. The molecule has 2 aromatic carbocycles. The summed E-state index contributed by atoms with van der Waals surface area (Å²) in [6.45, 7) is 3.70. The van der Waals surface area contributed by atoms with Crippen LogP contribution in [0.25, 0.3) is 16.6 Å². The third kappa shape index (κ3) is 3.44. The number of carbonyl (C=O) groups excluding carboxylic acids is 1. The molecule has 0 radical (unpaired) electrons. The molecule has 0 aliphatic carbocycles. The molecule has 0 unspecified atom stereocenters. The first-order valence-corrected chi connectivity index (χ1v) is 8.72. The Balaban J connectivity index is 2.24. The number of carbonyl (C=O) groups is 1. The number of rotatable bonds is 4. The number of ether oxygens (including phenoxy) is 1. The van der Waals surface area contributed by atoms with E-state index in [1.54, 1.807) is 23.6 Å². The van der Waals surface area contributed by atoms with Gasteiger partial charge >= 0.3 is 5.97 Å². The summed E-state index contributed by atoms with van der Waals surface area (Å²) >= 11 is 1.21. The average molecular weight is 354 g/mol. The summed E-state index contributed by atoms with van der Waals surface area (Å²) in [4.78, 5) is 29.5. The minimum atomic E-state index is -0.478. The van der Waals surface area contributed by atoms with Crippen LogP contribution in [0.2, 0.25) is 0 Å². The SMILES string of the molecule is COC(=O)[C@@H](C)Sc1nc2ccccc2c(=O)n1-c1cccc(C)c1. The maximum absolute atomic E-state index is 13.1. The van der Waals surface area contributed by atoms with Crippen molar-refractivity contribution in [3.8, 4) is 5.69 Å². The highest BCUT2D eigenvalue weighted by Crippen LogP contribution is 2.25. The molecule has 3 rings (SSSR count). The molecule has 1 aromatic heterocycles. The predicted molar refractivity (Wildman–Crippen MR) is 99.4 cm³/mol. The number of benzene rings is 2. The fourth-order valence-electron chi connectivity index (χ4n) is 2.56. The molecule has 6 heteroatoms. The third-order valence-electron chi connectivity index (χ3n) is 3.82. The number of thioether (sulfide) groups is 1. The van der Waals surface area contributed by atoms with Crippen LogP contribution in [-0.2, 0) is 9.53 Å². The van der Waals surface area contributed by atoms with Crippen LogP contribution < -0.4 is 5.56 Å². The Morgan fingerprint density at radius 1 is 1.20 bits per heavy atom. The molecule has 3 aromatic rings. The lowest BCUT2D eigenvalue weighted by Crippen LogP contribution is -2.24. The number of hydrogen-bond donors (Lipinski definition) is 0. The number of fused-ring (bicyclic) bond motifs is 1. The van der Waals surface area contributed by atoms with Gasteiger partial charge in [-0.25, -0.2) is 4.98 Å². The van der Waals surface area contributed by atoms with Crippen molar-refractivity contribution in [1.82, 2.24) is 9.55 Å². The van der Waals surface area contributed by atoms with Crippen LogP contribution in [0.1, 0.15) is 12.5 Å². The van der Waals surface area contributed by atoms with Crippen LogP contribution >= 0.6 is 11.8 Å². The van der Waals surface area contributed by atoms with Crippen molar-refractivity contribution in [2.75, 3.05) is 7.11 Å². The Bertz CT molecular complexity index is 997. The van der Waals surface area contributed by atoms with E-state index in [-0.39, 0.29) is 11.5 Å². The van der Waals surface area contributed by atoms with Crippen molar-refractivity contribution in [3.05, 3.63) is 64.4 Å². The topological polar surface area (TPSA) is 61.2 Å². The fraction of sp³-hybridized carbons (Fsp3) is 0.211. The van der Waals surface area contributed by atoms with Crippen molar-refractivity contribution in [1.29, 1.82) is 0 Å². The van der Waals surface area contributed by atoms with Gasteiger partial charge < -0.3 is 4.74 Å². The average Bonchev–Trinajstić information content (AvgIpc) is 2.61. The van der Waals surface area contributed by atoms with Gasteiger partial charge in [0.2, 0.25) is 0 Å². The summed E-state index contributed by atoms with van der Waals surface area (Å²) < 4.78 is 6.35. The number of aryl methyl sites for hydroxylation is 1. The highest BCUT2D eigenvalue weighted by molar-refractivity contribution is 8.00. The minimum absolute atomic E-state index is 0.157. The third-order valence-corrected chi connectivity index (χ3v) is 4.85. The summed E-state index contributed by atoms with van der Waals surface area (Å²) in [5.41, 5.74) is 2.21. The van der Waals surface area contributed by atoms with Gasteiger partial charge in [-0.15, -0.1) is 0 Å². The quantitative estimate of drug-likeness (QED) is 0.408. The Morgan fingerprint density at radius 3 is 2.68 bits per heavy atom. The molecule has 0 spiro atoms. The van der Waals surface area contributed by atoms with Gasteiger partial charge in [-0.3, -0.25) is 14.2 Å². The van der Waals surface area contributed by atoms with Crippen molar-refractivity contribution in [3.63, 3.8) is 0 Å². The molecule has 0 bridgehead atoms. The van der Waals surface area contributed by atoms with Gasteiger partial charge in [0.05, 0.1) is 23.7 Å². The Hall–Kier alpha value is -2.60. The van der Waals surface area contributed by atoms with Crippen LogP contribution in [0, 0.1) is 6.92 Å². The maximum Gasteiger partial charge on any atom is 0.318 e. The zero-order valence-corrected chi connectivity index (χ0v) is 15.0. The molecule has 1 heterocycles. The van der Waals surface area contributed by atoms with E-state index >= 15 is 0 Å². The number of methoxy groups -OCH3 is 1. The second-order valence-electron chi connectivity index (χ2n) is 5.67. The van der Waals surface area contributed by atoms with Crippen molar-refractivity contribution in [2.45, 2.75) is 24.3 Å². The van der Waals surface area contributed by atoms with E-state index < -0.39 is 5.25 Å². The maximum atomic E-state index is 13.1. The van der Waals surface area contributed by atoms with Crippen molar-refractivity contribution >= 4 is 28.6 Å². The molecular weight excluding hydrogens is 336 g/mol. The monoisotopic (exact) mass is 354 g/mol. The number of esters is 1. The zero-order valence-electron chi connectivity index (χ0n) is 14.2. The minimum Gasteiger partial charge on any atom is -0.468 e. The predicted octanol–water partition coefficient (Wildman–Crippen LogP) is 3.35. The van der Waals surface area contributed by atoms with Crippen LogP contribution in [0.5, 0.6) is 0 Å². The molecule has 0 fully saturated rings. The largest absolute Gasteiger partial charge is 0.468 e. The van der Waals surface area contributed by atoms with Crippen LogP contribution in [0.3, 0.4) is 0 Å². The van der Waals surface area contributed by atoms with Gasteiger partial charge in [-0.05, 0) is 43.7 Å². The molecular formula is C19H18N2O3S. The van der Waals surface area contributed by atoms with Crippen molar-refractivity contribution < 1.29 is 9.53 Å². The second kappa shape index (κ2) is 7.11. The second-order valence-corrected chi connectivity index (χ2v) is 6.98. The van der Waals surface area contributed by atoms with Gasteiger partial charge in [-0.2, -0.15) is 0 Å². The first-order valence-electron chi connectivity index (χ1n) is 7.84. The normalized spacial score (nSPS) is 12.1. The Kier molecular flexibility index (Phi) is 4.90. The zero-order chi connectivity index (χ0) is 18.0. The molecule has 128 valence electrons. The number of nitrogens with zero attached hydrogens (tertiary/aromatic N) is 2. The van der Waals surface area contributed by atoms with E-state index in [0.717, 1.165) is 11.3 Å². The van der Waals surface area contributed by atoms with Gasteiger partial charge in [0.15, 0.2) is 5.16 Å². The summed E-state index contributed by atoms with van der Waals surface area (Å²) in [5.74, 6) is -0.358. The molecule has 25 heavy (non-hydrogen) atoms. The van der Waals surface area contributed by atoms with Gasteiger partial charge in [0.25, 0.3) is 5.56 Å². The number of para-hydroxylation sites is 1. The van der Waals surface area contributed by atoms with Gasteiger partial charge in [0.1, 0.15) is 5.25 Å². The van der Waals surface area contributed by atoms with Gasteiger partial charge in [0, 0.05) is 0 Å². The summed E-state index contributed by atoms with van der Waals surface area (Å²) in [7, 11) is 1.35. The van der Waals surface area contributed by atoms with Crippen LogP contribution in [-0.4, -0.2) is 27.9 Å². The molecule has 0 N–H and O–H groups in total. The van der Waals surface area contributed by atoms with E-state index in [4.69, 9.17) is 4.74 Å². The number of aromatic nitrogens is 2. The van der Waals surface area contributed by atoms with E-state index in [1.807, 2.05) is 43.3 Å². The van der Waals surface area contributed by atoms with E-state index in [0.29, 0.717) is 16.1 Å². The molecule has 0 saturated heterocycles. The number of hydrogen-bond acceptors (Lipinski definition) is 5. The molecule has 5 nitrogen and oxygen atoms in total. The van der Waals surface area contributed by atoms with E-state index in [1.165, 1.54) is 18.9 Å². The molecule has 0 aliphatic rings. The van der Waals surface area contributed by atoms with Crippen LogP contribution in [0.15, 0.2) is 58.5 Å². The summed E-state index contributed by atoms with van der Waals surface area (Å²) in [5, 5.41) is 0.528. The van der Waals surface area contributed by atoms with Gasteiger partial charge in [-0.1, -0.05) is 36.0 Å². The molecule has 1 atom stereocenters. The fourth-order valence-corrected chi connectivity index (χ4v) is 3.51. The molecule has 0 amide bonds. The van der Waals surface area contributed by atoms with Crippen LogP contribution in [0.4, 0.5) is 0 Å². The van der Waals surface area contributed by atoms with E-state index in [9.17, 15) is 9.59 Å². The summed E-state index contributed by atoms with van der Waals surface area (Å²) in [6, 6.07) is 14.8. The highest BCUT2D eigenvalue weighted by atomic mass is 32.2. The molecule has 0 aliphatic heterocycles. The lowest BCUT2D eigenvalue weighted by Gasteiger charge is -2.15. The highest BCUT2D eigenvalue weighted by Gasteiger charge is 2.20. The lowest BCUT2D eigenvalue weighted by molar-refractivity contribution is -0.139. The van der Waals surface area contributed by atoms with E-state index in [2.05, 4.69) is 4.98 Å². The Labute approximate surface area is 149 Å². The van der Waals surface area contributed by atoms with Crippen molar-refractivity contribution in [2.24, 2.45) is 0 Å². The standard InChI is InChI=1S/C19H18N2O3S/c1-12-7-6-8-14(11-12)21-17(22)15-9-4-5-10-16(15)20-19(21)25-13(2)18(23)24-3/h4-11,13H,1-3H3/t13-/m1/s1. The first kappa shape index (κ1) is 17.2. The Morgan fingerprint density at radius 2 is 1.96 bits per heavy atom.